The SMILES string of the molecule is NC(=O)c1ccccc1COC(=O)[C@@H]1C[C@H]1c1cccc(F)c1F. The predicted molar refractivity (Wildman–Crippen MR) is 82.0 cm³/mol. The first-order valence-corrected chi connectivity index (χ1v) is 7.47. The summed E-state index contributed by atoms with van der Waals surface area (Å²) in [7, 11) is 0. The summed E-state index contributed by atoms with van der Waals surface area (Å²) in [5.41, 5.74) is 6.25. The van der Waals surface area contributed by atoms with Crippen LogP contribution in [0.1, 0.15) is 33.8 Å². The zero-order valence-corrected chi connectivity index (χ0v) is 12.7. The molecule has 2 aromatic rings. The molecule has 0 aliphatic heterocycles. The third-order valence-electron chi connectivity index (χ3n) is 4.13. The summed E-state index contributed by atoms with van der Waals surface area (Å²) in [4.78, 5) is 23.4. The van der Waals surface area contributed by atoms with E-state index in [0.717, 1.165) is 6.07 Å². The molecule has 2 N–H and O–H groups in total. The second kappa shape index (κ2) is 6.39. The molecule has 0 radical (unpaired) electrons. The number of hydrogen-bond donors (Lipinski definition) is 1. The molecule has 1 amide bonds. The van der Waals surface area contributed by atoms with Crippen molar-refractivity contribution in [3.63, 3.8) is 0 Å². The Labute approximate surface area is 137 Å². The number of nitrogens with two attached hydrogens (primary N) is 1. The minimum Gasteiger partial charge on any atom is -0.461 e. The van der Waals surface area contributed by atoms with Gasteiger partial charge in [0, 0.05) is 17.0 Å². The Kier molecular flexibility index (Phi) is 4.29. The molecule has 0 heterocycles. The zero-order chi connectivity index (χ0) is 17.3. The van der Waals surface area contributed by atoms with Gasteiger partial charge in [0.25, 0.3) is 0 Å². The van der Waals surface area contributed by atoms with Crippen LogP contribution in [-0.2, 0) is 16.1 Å². The average molecular weight is 331 g/mol. The van der Waals surface area contributed by atoms with E-state index in [-0.39, 0.29) is 23.7 Å². The standard InChI is InChI=1S/C18H15F2NO3/c19-15-7-3-6-12(16(15)20)13-8-14(13)18(23)24-9-10-4-1-2-5-11(10)17(21)22/h1-7,13-14H,8-9H2,(H2,21,22)/t13-,14+/m0/s1. The van der Waals surface area contributed by atoms with E-state index in [1.54, 1.807) is 24.3 Å². The van der Waals surface area contributed by atoms with Crippen LogP contribution in [0.2, 0.25) is 0 Å². The van der Waals surface area contributed by atoms with E-state index in [0.29, 0.717) is 12.0 Å². The van der Waals surface area contributed by atoms with Gasteiger partial charge in [0.1, 0.15) is 6.61 Å². The van der Waals surface area contributed by atoms with E-state index in [1.165, 1.54) is 12.1 Å². The first-order valence-electron chi connectivity index (χ1n) is 7.47. The number of carbonyl (C=O) groups is 2. The van der Waals surface area contributed by atoms with Crippen molar-refractivity contribution in [1.29, 1.82) is 0 Å². The van der Waals surface area contributed by atoms with E-state index in [1.807, 2.05) is 0 Å². The Balaban J connectivity index is 1.64. The molecule has 4 nitrogen and oxygen atoms in total. The quantitative estimate of drug-likeness (QED) is 0.857. The van der Waals surface area contributed by atoms with Crippen LogP contribution in [0.4, 0.5) is 8.78 Å². The van der Waals surface area contributed by atoms with Crippen molar-refractivity contribution in [2.24, 2.45) is 11.7 Å². The summed E-state index contributed by atoms with van der Waals surface area (Å²) in [5.74, 6) is -3.82. The Morgan fingerprint density at radius 2 is 1.88 bits per heavy atom. The number of rotatable bonds is 5. The first-order chi connectivity index (χ1) is 11.5. The highest BCUT2D eigenvalue weighted by Crippen LogP contribution is 2.49. The second-order valence-corrected chi connectivity index (χ2v) is 5.72. The molecule has 3 rings (SSSR count). The Morgan fingerprint density at radius 1 is 1.12 bits per heavy atom. The number of hydrogen-bond acceptors (Lipinski definition) is 3. The van der Waals surface area contributed by atoms with Gasteiger partial charge in [-0.15, -0.1) is 0 Å². The number of primary amides is 1. The number of benzene rings is 2. The summed E-state index contributed by atoms with van der Waals surface area (Å²) < 4.78 is 32.2. The maximum Gasteiger partial charge on any atom is 0.309 e. The summed E-state index contributed by atoms with van der Waals surface area (Å²) in [6.45, 7) is -0.0905. The second-order valence-electron chi connectivity index (χ2n) is 5.72. The third-order valence-corrected chi connectivity index (χ3v) is 4.13. The van der Waals surface area contributed by atoms with Crippen LogP contribution in [0.15, 0.2) is 42.5 Å². The molecule has 2 aromatic carbocycles. The van der Waals surface area contributed by atoms with Gasteiger partial charge < -0.3 is 10.5 Å². The number of carbonyl (C=O) groups excluding carboxylic acids is 2. The molecule has 6 heteroatoms. The van der Waals surface area contributed by atoms with Crippen LogP contribution in [0.5, 0.6) is 0 Å². The normalized spacial score (nSPS) is 18.9. The molecule has 2 atom stereocenters. The van der Waals surface area contributed by atoms with Crippen molar-refractivity contribution in [3.8, 4) is 0 Å². The van der Waals surface area contributed by atoms with Crippen molar-refractivity contribution >= 4 is 11.9 Å². The van der Waals surface area contributed by atoms with E-state index >= 15 is 0 Å². The van der Waals surface area contributed by atoms with Crippen molar-refractivity contribution in [2.75, 3.05) is 0 Å². The van der Waals surface area contributed by atoms with E-state index in [2.05, 4.69) is 0 Å². The van der Waals surface area contributed by atoms with Crippen molar-refractivity contribution in [3.05, 3.63) is 70.8 Å². The molecule has 1 aliphatic rings. The molecule has 1 fully saturated rings. The lowest BCUT2D eigenvalue weighted by atomic mass is 10.1. The van der Waals surface area contributed by atoms with Gasteiger partial charge in [-0.3, -0.25) is 9.59 Å². The van der Waals surface area contributed by atoms with Crippen LogP contribution in [0, 0.1) is 17.6 Å². The lowest BCUT2D eigenvalue weighted by Gasteiger charge is -2.08. The van der Waals surface area contributed by atoms with Crippen LogP contribution < -0.4 is 5.73 Å². The van der Waals surface area contributed by atoms with Gasteiger partial charge >= 0.3 is 5.97 Å². The van der Waals surface area contributed by atoms with Gasteiger partial charge in [-0.05, 0) is 24.1 Å². The summed E-state index contributed by atoms with van der Waals surface area (Å²) in [6, 6.07) is 10.5. The maximum absolute atomic E-state index is 13.7. The average Bonchev–Trinajstić information content (AvgIpc) is 3.36. The lowest BCUT2D eigenvalue weighted by Crippen LogP contribution is -2.15. The molecule has 0 bridgehead atoms. The van der Waals surface area contributed by atoms with Crippen LogP contribution in [0.25, 0.3) is 0 Å². The Bertz CT molecular complexity index is 807. The summed E-state index contributed by atoms with van der Waals surface area (Å²) in [5, 5.41) is 0. The molecule has 24 heavy (non-hydrogen) atoms. The molecule has 0 spiro atoms. The molecule has 0 unspecified atom stereocenters. The van der Waals surface area contributed by atoms with E-state index in [9.17, 15) is 18.4 Å². The van der Waals surface area contributed by atoms with Gasteiger partial charge in [-0.25, -0.2) is 8.78 Å². The van der Waals surface area contributed by atoms with Crippen molar-refractivity contribution in [1.82, 2.24) is 0 Å². The van der Waals surface area contributed by atoms with Crippen molar-refractivity contribution in [2.45, 2.75) is 18.9 Å². The third kappa shape index (κ3) is 3.13. The summed E-state index contributed by atoms with van der Waals surface area (Å²) in [6.07, 6.45) is 0.413. The predicted octanol–water partition coefficient (Wildman–Crippen LogP) is 2.91. The van der Waals surface area contributed by atoms with Crippen LogP contribution >= 0.6 is 0 Å². The zero-order valence-electron chi connectivity index (χ0n) is 12.7. The molecule has 124 valence electrons. The number of halogens is 2. The van der Waals surface area contributed by atoms with Gasteiger partial charge in [0.05, 0.1) is 5.92 Å². The monoisotopic (exact) mass is 331 g/mol. The number of esters is 1. The molecule has 0 saturated heterocycles. The largest absolute Gasteiger partial charge is 0.461 e. The number of amides is 1. The van der Waals surface area contributed by atoms with Crippen molar-refractivity contribution < 1.29 is 23.1 Å². The summed E-state index contributed by atoms with van der Waals surface area (Å²) >= 11 is 0. The molecule has 0 aromatic heterocycles. The Hall–Kier alpha value is -2.76. The fourth-order valence-electron chi connectivity index (χ4n) is 2.75. The highest BCUT2D eigenvalue weighted by Gasteiger charge is 2.46. The first kappa shape index (κ1) is 16.1. The molecular weight excluding hydrogens is 316 g/mol. The minimum absolute atomic E-state index is 0.0905. The molecular formula is C18H15F2NO3. The van der Waals surface area contributed by atoms with Crippen LogP contribution in [-0.4, -0.2) is 11.9 Å². The van der Waals surface area contributed by atoms with E-state index < -0.39 is 29.4 Å². The van der Waals surface area contributed by atoms with Gasteiger partial charge in [0.2, 0.25) is 5.91 Å². The van der Waals surface area contributed by atoms with Crippen LogP contribution in [0.3, 0.4) is 0 Å². The maximum atomic E-state index is 13.7. The van der Waals surface area contributed by atoms with Gasteiger partial charge in [-0.1, -0.05) is 30.3 Å². The van der Waals surface area contributed by atoms with Gasteiger partial charge in [-0.2, -0.15) is 0 Å². The fraction of sp³-hybridized carbons (Fsp3) is 0.222. The minimum atomic E-state index is -0.929. The highest BCUT2D eigenvalue weighted by atomic mass is 19.2. The topological polar surface area (TPSA) is 69.4 Å². The molecule has 1 aliphatic carbocycles. The smallest absolute Gasteiger partial charge is 0.309 e. The highest BCUT2D eigenvalue weighted by molar-refractivity contribution is 5.94. The Morgan fingerprint density at radius 3 is 2.62 bits per heavy atom. The van der Waals surface area contributed by atoms with E-state index in [4.69, 9.17) is 10.5 Å². The van der Waals surface area contributed by atoms with Gasteiger partial charge in [0.15, 0.2) is 11.6 Å². The molecule has 1 saturated carbocycles. The number of ether oxygens (including phenoxy) is 1. The fourth-order valence-corrected chi connectivity index (χ4v) is 2.75. The lowest BCUT2D eigenvalue weighted by molar-refractivity contribution is -0.146.